The van der Waals surface area contributed by atoms with Gasteiger partial charge in [-0.1, -0.05) is 29.8 Å². The van der Waals surface area contributed by atoms with Gasteiger partial charge in [-0.2, -0.15) is 0 Å². The molecule has 0 amide bonds. The maximum absolute atomic E-state index is 5.98. The van der Waals surface area contributed by atoms with Gasteiger partial charge in [0.05, 0.1) is 11.0 Å². The molecule has 2 nitrogen and oxygen atoms in total. The van der Waals surface area contributed by atoms with Gasteiger partial charge in [0, 0.05) is 10.6 Å². The summed E-state index contributed by atoms with van der Waals surface area (Å²) in [6.07, 6.45) is 0. The molecule has 0 saturated heterocycles. The van der Waals surface area contributed by atoms with E-state index in [0.29, 0.717) is 0 Å². The van der Waals surface area contributed by atoms with Crippen molar-refractivity contribution < 1.29 is 0 Å². The van der Waals surface area contributed by atoms with Gasteiger partial charge in [-0.25, -0.2) is 4.98 Å². The molecule has 0 atom stereocenters. The summed E-state index contributed by atoms with van der Waals surface area (Å²) in [7, 11) is 0. The second kappa shape index (κ2) is 4.14. The molecule has 0 aliphatic rings. The van der Waals surface area contributed by atoms with E-state index in [1.54, 1.807) is 0 Å². The zero-order valence-electron chi connectivity index (χ0n) is 10.3. The van der Waals surface area contributed by atoms with E-state index in [2.05, 4.69) is 42.0 Å². The zero-order chi connectivity index (χ0) is 12.7. The van der Waals surface area contributed by atoms with Crippen molar-refractivity contribution in [3.05, 3.63) is 52.5 Å². The molecular formula is C15H13ClN2. The zero-order valence-corrected chi connectivity index (χ0v) is 11.0. The van der Waals surface area contributed by atoms with Crippen LogP contribution in [0.15, 0.2) is 36.4 Å². The van der Waals surface area contributed by atoms with E-state index in [4.69, 9.17) is 11.6 Å². The average Bonchev–Trinajstić information content (AvgIpc) is 2.75. The fourth-order valence-electron chi connectivity index (χ4n) is 2.12. The van der Waals surface area contributed by atoms with E-state index in [-0.39, 0.29) is 0 Å². The van der Waals surface area contributed by atoms with Gasteiger partial charge < -0.3 is 4.98 Å². The van der Waals surface area contributed by atoms with Crippen LogP contribution in [-0.4, -0.2) is 9.97 Å². The summed E-state index contributed by atoms with van der Waals surface area (Å²) in [5, 5.41) is 0.721. The summed E-state index contributed by atoms with van der Waals surface area (Å²) in [5.74, 6) is 0.897. The molecule has 1 N–H and O–H groups in total. The number of nitrogens with zero attached hydrogens (tertiary/aromatic N) is 1. The number of aromatic nitrogens is 2. The molecule has 0 aliphatic carbocycles. The van der Waals surface area contributed by atoms with Crippen molar-refractivity contribution in [3.8, 4) is 11.4 Å². The van der Waals surface area contributed by atoms with Gasteiger partial charge in [0.1, 0.15) is 5.82 Å². The second-order valence-corrected chi connectivity index (χ2v) is 4.93. The van der Waals surface area contributed by atoms with Gasteiger partial charge in [0.25, 0.3) is 0 Å². The lowest BCUT2D eigenvalue weighted by Gasteiger charge is -2.04. The first-order valence-electron chi connectivity index (χ1n) is 5.87. The Morgan fingerprint density at radius 3 is 2.78 bits per heavy atom. The van der Waals surface area contributed by atoms with Gasteiger partial charge in [0.2, 0.25) is 0 Å². The lowest BCUT2D eigenvalue weighted by Crippen LogP contribution is -1.88. The molecule has 0 radical (unpaired) electrons. The van der Waals surface area contributed by atoms with E-state index in [9.17, 15) is 0 Å². The lowest BCUT2D eigenvalue weighted by molar-refractivity contribution is 1.27. The van der Waals surface area contributed by atoms with Crippen LogP contribution in [0.25, 0.3) is 22.4 Å². The first-order valence-corrected chi connectivity index (χ1v) is 6.25. The molecule has 0 unspecified atom stereocenters. The molecule has 1 heterocycles. The largest absolute Gasteiger partial charge is 0.338 e. The summed E-state index contributed by atoms with van der Waals surface area (Å²) in [6, 6.07) is 11.9. The van der Waals surface area contributed by atoms with Crippen molar-refractivity contribution in [2.75, 3.05) is 0 Å². The third-order valence-electron chi connectivity index (χ3n) is 3.30. The monoisotopic (exact) mass is 256 g/mol. The topological polar surface area (TPSA) is 28.7 Å². The Labute approximate surface area is 111 Å². The van der Waals surface area contributed by atoms with E-state index < -0.39 is 0 Å². The quantitative estimate of drug-likeness (QED) is 0.682. The Morgan fingerprint density at radius 1 is 1.11 bits per heavy atom. The number of hydrogen-bond acceptors (Lipinski definition) is 1. The van der Waals surface area contributed by atoms with E-state index in [1.165, 1.54) is 11.1 Å². The Bertz CT molecular complexity index is 728. The summed E-state index contributed by atoms with van der Waals surface area (Å²) in [5.41, 5.74) is 5.57. The number of fused-ring (bicyclic) bond motifs is 1. The van der Waals surface area contributed by atoms with Crippen LogP contribution < -0.4 is 0 Å². The highest BCUT2D eigenvalue weighted by molar-refractivity contribution is 6.31. The fourth-order valence-corrected chi connectivity index (χ4v) is 2.29. The van der Waals surface area contributed by atoms with Crippen LogP contribution in [0, 0.1) is 13.8 Å². The molecule has 0 aliphatic heterocycles. The minimum atomic E-state index is 0.721. The number of imidazole rings is 1. The van der Waals surface area contributed by atoms with Crippen molar-refractivity contribution in [2.24, 2.45) is 0 Å². The molecule has 18 heavy (non-hydrogen) atoms. The Kier molecular flexibility index (Phi) is 2.60. The minimum Gasteiger partial charge on any atom is -0.338 e. The van der Waals surface area contributed by atoms with Crippen molar-refractivity contribution in [2.45, 2.75) is 13.8 Å². The highest BCUT2D eigenvalue weighted by Crippen LogP contribution is 2.26. The van der Waals surface area contributed by atoms with Gasteiger partial charge in [-0.05, 0) is 43.2 Å². The average molecular weight is 257 g/mol. The van der Waals surface area contributed by atoms with E-state index in [1.807, 2.05) is 18.2 Å². The van der Waals surface area contributed by atoms with E-state index >= 15 is 0 Å². The van der Waals surface area contributed by atoms with Crippen molar-refractivity contribution in [1.82, 2.24) is 9.97 Å². The molecule has 0 spiro atoms. The fraction of sp³-hybridized carbons (Fsp3) is 0.133. The van der Waals surface area contributed by atoms with Crippen LogP contribution in [-0.2, 0) is 0 Å². The predicted molar refractivity (Wildman–Crippen MR) is 76.0 cm³/mol. The molecule has 0 saturated carbocycles. The highest BCUT2D eigenvalue weighted by Gasteiger charge is 2.08. The van der Waals surface area contributed by atoms with Crippen LogP contribution >= 0.6 is 11.6 Å². The Hall–Kier alpha value is -1.80. The van der Waals surface area contributed by atoms with Crippen molar-refractivity contribution >= 4 is 22.6 Å². The van der Waals surface area contributed by atoms with Crippen LogP contribution in [0.1, 0.15) is 11.1 Å². The number of aryl methyl sites for hydroxylation is 1. The summed E-state index contributed by atoms with van der Waals surface area (Å²) >= 11 is 5.98. The predicted octanol–water partition coefficient (Wildman–Crippen LogP) is 4.50. The number of rotatable bonds is 1. The first kappa shape index (κ1) is 11.3. The molecular weight excluding hydrogens is 244 g/mol. The first-order chi connectivity index (χ1) is 8.65. The molecule has 3 aromatic rings. The third-order valence-corrected chi connectivity index (χ3v) is 3.54. The molecule has 90 valence electrons. The molecule has 1 aromatic heterocycles. The molecule has 3 heteroatoms. The number of hydrogen-bond donors (Lipinski definition) is 1. The third kappa shape index (κ3) is 1.79. The van der Waals surface area contributed by atoms with Gasteiger partial charge in [-0.15, -0.1) is 0 Å². The van der Waals surface area contributed by atoms with E-state index in [0.717, 1.165) is 27.4 Å². The summed E-state index contributed by atoms with van der Waals surface area (Å²) in [4.78, 5) is 7.94. The summed E-state index contributed by atoms with van der Waals surface area (Å²) < 4.78 is 0. The SMILES string of the molecule is Cc1cccc(-c2nc3ccc(Cl)cc3[nH]2)c1C. The standard InChI is InChI=1S/C15H13ClN2/c1-9-4-3-5-12(10(9)2)15-17-13-7-6-11(16)8-14(13)18-15/h3-8H,1-2H3,(H,17,18). The Morgan fingerprint density at radius 2 is 1.94 bits per heavy atom. The maximum atomic E-state index is 5.98. The minimum absolute atomic E-state index is 0.721. The van der Waals surface area contributed by atoms with Gasteiger partial charge >= 0.3 is 0 Å². The van der Waals surface area contributed by atoms with Crippen LogP contribution in [0.4, 0.5) is 0 Å². The number of nitrogens with one attached hydrogen (secondary N) is 1. The molecule has 2 aromatic carbocycles. The van der Waals surface area contributed by atoms with Crippen LogP contribution in [0.2, 0.25) is 5.02 Å². The lowest BCUT2D eigenvalue weighted by atomic mass is 10.0. The van der Waals surface area contributed by atoms with Crippen LogP contribution in [0.5, 0.6) is 0 Å². The Balaban J connectivity index is 2.22. The number of H-pyrrole nitrogens is 1. The number of halogens is 1. The summed E-state index contributed by atoms with van der Waals surface area (Å²) in [6.45, 7) is 4.23. The van der Waals surface area contributed by atoms with Crippen LogP contribution in [0.3, 0.4) is 0 Å². The number of aromatic amines is 1. The number of benzene rings is 2. The molecule has 0 bridgehead atoms. The normalized spacial score (nSPS) is 11.1. The second-order valence-electron chi connectivity index (χ2n) is 4.49. The van der Waals surface area contributed by atoms with Gasteiger partial charge in [-0.3, -0.25) is 0 Å². The maximum Gasteiger partial charge on any atom is 0.138 e. The molecule has 3 rings (SSSR count). The highest BCUT2D eigenvalue weighted by atomic mass is 35.5. The van der Waals surface area contributed by atoms with Crippen molar-refractivity contribution in [3.63, 3.8) is 0 Å². The van der Waals surface area contributed by atoms with Crippen molar-refractivity contribution in [1.29, 1.82) is 0 Å². The molecule has 0 fully saturated rings. The van der Waals surface area contributed by atoms with Gasteiger partial charge in [0.15, 0.2) is 0 Å². The smallest absolute Gasteiger partial charge is 0.138 e.